The normalized spacial score (nSPS) is 12.9. The van der Waals surface area contributed by atoms with Crippen LogP contribution < -0.4 is 15.4 Å². The summed E-state index contributed by atoms with van der Waals surface area (Å²) < 4.78 is 16.8. The number of benzene rings is 1. The van der Waals surface area contributed by atoms with Gasteiger partial charge in [0.25, 0.3) is 0 Å². The first-order valence-corrected chi connectivity index (χ1v) is 10.3. The Morgan fingerprint density at radius 3 is 2.61 bits per heavy atom. The molecule has 0 radical (unpaired) electrons. The Labute approximate surface area is 171 Å². The number of aryl methyl sites for hydroxylation is 1. The molecule has 1 aromatic carbocycles. The molecule has 28 heavy (non-hydrogen) atoms. The van der Waals surface area contributed by atoms with Crippen molar-refractivity contribution in [3.8, 4) is 5.75 Å². The molecular formula is C22H39N3O3. The van der Waals surface area contributed by atoms with Crippen molar-refractivity contribution in [2.75, 3.05) is 40.5 Å². The number of nitrogens with one attached hydrogen (secondary N) is 2. The van der Waals surface area contributed by atoms with E-state index in [-0.39, 0.29) is 6.10 Å². The molecule has 1 rings (SSSR count). The molecule has 0 aromatic heterocycles. The van der Waals surface area contributed by atoms with Gasteiger partial charge in [-0.3, -0.25) is 4.99 Å². The Kier molecular flexibility index (Phi) is 12.3. The Morgan fingerprint density at radius 2 is 1.96 bits per heavy atom. The molecule has 160 valence electrons. The van der Waals surface area contributed by atoms with Crippen LogP contribution in [-0.2, 0) is 16.0 Å². The second-order valence-corrected chi connectivity index (χ2v) is 7.19. The molecule has 0 heterocycles. The molecule has 0 amide bonds. The van der Waals surface area contributed by atoms with Crippen LogP contribution in [0.1, 0.15) is 44.7 Å². The first-order chi connectivity index (χ1) is 13.5. The van der Waals surface area contributed by atoms with Crippen molar-refractivity contribution in [2.45, 2.75) is 53.2 Å². The predicted molar refractivity (Wildman–Crippen MR) is 116 cm³/mol. The first kappa shape index (κ1) is 24.2. The van der Waals surface area contributed by atoms with Crippen LogP contribution in [0, 0.1) is 12.8 Å². The molecule has 2 N–H and O–H groups in total. The maximum Gasteiger partial charge on any atom is 0.191 e. The van der Waals surface area contributed by atoms with Gasteiger partial charge in [0.2, 0.25) is 0 Å². The number of nitrogens with zero attached hydrogens (tertiary/aromatic N) is 1. The van der Waals surface area contributed by atoms with Crippen molar-refractivity contribution in [1.29, 1.82) is 0 Å². The van der Waals surface area contributed by atoms with E-state index in [1.165, 1.54) is 5.56 Å². The summed E-state index contributed by atoms with van der Waals surface area (Å²) in [7, 11) is 3.49. The van der Waals surface area contributed by atoms with Crippen molar-refractivity contribution in [1.82, 2.24) is 10.6 Å². The molecule has 0 fully saturated rings. The molecule has 6 nitrogen and oxygen atoms in total. The van der Waals surface area contributed by atoms with Crippen LogP contribution in [0.3, 0.4) is 0 Å². The van der Waals surface area contributed by atoms with E-state index in [4.69, 9.17) is 14.2 Å². The van der Waals surface area contributed by atoms with E-state index in [2.05, 4.69) is 54.6 Å². The van der Waals surface area contributed by atoms with E-state index in [9.17, 15) is 0 Å². The third kappa shape index (κ3) is 9.42. The minimum Gasteiger partial charge on any atom is -0.493 e. The Bertz CT molecular complexity index is 576. The third-order valence-corrected chi connectivity index (χ3v) is 4.49. The van der Waals surface area contributed by atoms with E-state index >= 15 is 0 Å². The lowest BCUT2D eigenvalue weighted by molar-refractivity contribution is 0.0258. The van der Waals surface area contributed by atoms with Crippen LogP contribution in [0.15, 0.2) is 23.2 Å². The number of hydrogen-bond donors (Lipinski definition) is 2. The van der Waals surface area contributed by atoms with Gasteiger partial charge < -0.3 is 24.8 Å². The highest BCUT2D eigenvalue weighted by molar-refractivity contribution is 5.79. The summed E-state index contributed by atoms with van der Waals surface area (Å²) >= 11 is 0. The van der Waals surface area contributed by atoms with Crippen molar-refractivity contribution in [2.24, 2.45) is 10.9 Å². The maximum atomic E-state index is 5.96. The quantitative estimate of drug-likeness (QED) is 0.305. The van der Waals surface area contributed by atoms with Gasteiger partial charge in [0.1, 0.15) is 5.75 Å². The van der Waals surface area contributed by atoms with Crippen LogP contribution in [0.5, 0.6) is 5.75 Å². The lowest BCUT2D eigenvalue weighted by Gasteiger charge is -2.21. The standard InChI is InChI=1S/C22H39N3O3/c1-7-27-20(17(2)3)11-12-24-22(23-5)25-16-19-10-9-18(4)15-21(19)28-14-8-13-26-6/h9-10,15,17,20H,7-8,11-14,16H2,1-6H3,(H2,23,24,25). The van der Waals surface area contributed by atoms with Gasteiger partial charge in [-0.15, -0.1) is 0 Å². The second kappa shape index (κ2) is 14.2. The smallest absolute Gasteiger partial charge is 0.191 e. The molecular weight excluding hydrogens is 354 g/mol. The SMILES string of the molecule is CCOC(CCNC(=NC)NCc1ccc(C)cc1OCCCOC)C(C)C. The number of rotatable bonds is 13. The van der Waals surface area contributed by atoms with E-state index < -0.39 is 0 Å². The zero-order valence-electron chi connectivity index (χ0n) is 18.5. The average molecular weight is 394 g/mol. The number of ether oxygens (including phenoxy) is 3. The molecule has 0 aliphatic carbocycles. The molecule has 0 spiro atoms. The molecule has 1 unspecified atom stereocenters. The minimum atomic E-state index is 0.264. The summed E-state index contributed by atoms with van der Waals surface area (Å²) in [4.78, 5) is 4.32. The van der Waals surface area contributed by atoms with E-state index in [1.807, 2.05) is 6.92 Å². The van der Waals surface area contributed by atoms with Gasteiger partial charge in [-0.2, -0.15) is 0 Å². The van der Waals surface area contributed by atoms with Gasteiger partial charge in [0, 0.05) is 52.4 Å². The molecule has 1 atom stereocenters. The fraction of sp³-hybridized carbons (Fsp3) is 0.682. The fourth-order valence-corrected chi connectivity index (χ4v) is 2.88. The van der Waals surface area contributed by atoms with Gasteiger partial charge in [0.15, 0.2) is 5.96 Å². The Morgan fingerprint density at radius 1 is 1.18 bits per heavy atom. The summed E-state index contributed by atoms with van der Waals surface area (Å²) in [6.07, 6.45) is 2.09. The van der Waals surface area contributed by atoms with Crippen LogP contribution in [0.25, 0.3) is 0 Å². The Hall–Kier alpha value is -1.79. The Balaban J connectivity index is 2.54. The van der Waals surface area contributed by atoms with Crippen molar-refractivity contribution >= 4 is 5.96 Å². The summed E-state index contributed by atoms with van der Waals surface area (Å²) in [6.45, 7) is 12.1. The second-order valence-electron chi connectivity index (χ2n) is 7.19. The highest BCUT2D eigenvalue weighted by Crippen LogP contribution is 2.20. The molecule has 0 saturated heterocycles. The molecule has 6 heteroatoms. The van der Waals surface area contributed by atoms with E-state index in [1.54, 1.807) is 14.2 Å². The average Bonchev–Trinajstić information content (AvgIpc) is 2.68. The lowest BCUT2D eigenvalue weighted by atomic mass is 10.0. The summed E-state index contributed by atoms with van der Waals surface area (Å²) in [5.74, 6) is 2.20. The summed E-state index contributed by atoms with van der Waals surface area (Å²) in [5, 5.41) is 6.75. The number of methoxy groups -OCH3 is 1. The molecule has 1 aromatic rings. The summed E-state index contributed by atoms with van der Waals surface area (Å²) in [6, 6.07) is 6.28. The maximum absolute atomic E-state index is 5.96. The molecule has 0 aliphatic rings. The monoisotopic (exact) mass is 393 g/mol. The largest absolute Gasteiger partial charge is 0.493 e. The highest BCUT2D eigenvalue weighted by atomic mass is 16.5. The first-order valence-electron chi connectivity index (χ1n) is 10.3. The van der Waals surface area contributed by atoms with Gasteiger partial charge in [-0.05, 0) is 37.8 Å². The zero-order chi connectivity index (χ0) is 20.8. The van der Waals surface area contributed by atoms with Crippen LogP contribution in [0.2, 0.25) is 0 Å². The summed E-state index contributed by atoms with van der Waals surface area (Å²) in [5.41, 5.74) is 2.30. The van der Waals surface area contributed by atoms with Gasteiger partial charge in [0.05, 0.1) is 12.7 Å². The molecule has 0 saturated carbocycles. The lowest BCUT2D eigenvalue weighted by Crippen LogP contribution is -2.39. The molecule has 0 bridgehead atoms. The van der Waals surface area contributed by atoms with Crippen molar-refractivity contribution < 1.29 is 14.2 Å². The third-order valence-electron chi connectivity index (χ3n) is 4.49. The van der Waals surface area contributed by atoms with Crippen LogP contribution in [0.4, 0.5) is 0 Å². The number of guanidine groups is 1. The van der Waals surface area contributed by atoms with E-state index in [0.29, 0.717) is 25.7 Å². The number of aliphatic imine (C=N–C) groups is 1. The van der Waals surface area contributed by atoms with Gasteiger partial charge in [-0.1, -0.05) is 26.0 Å². The zero-order valence-corrected chi connectivity index (χ0v) is 18.5. The molecule has 0 aliphatic heterocycles. The predicted octanol–water partition coefficient (Wildman–Crippen LogP) is 3.53. The van der Waals surface area contributed by atoms with Crippen molar-refractivity contribution in [3.63, 3.8) is 0 Å². The van der Waals surface area contributed by atoms with Crippen LogP contribution >= 0.6 is 0 Å². The highest BCUT2D eigenvalue weighted by Gasteiger charge is 2.13. The van der Waals surface area contributed by atoms with Gasteiger partial charge >= 0.3 is 0 Å². The van der Waals surface area contributed by atoms with E-state index in [0.717, 1.165) is 43.3 Å². The van der Waals surface area contributed by atoms with Gasteiger partial charge in [-0.25, -0.2) is 0 Å². The number of hydrogen-bond acceptors (Lipinski definition) is 4. The van der Waals surface area contributed by atoms with Crippen LogP contribution in [-0.4, -0.2) is 52.6 Å². The van der Waals surface area contributed by atoms with Crippen molar-refractivity contribution in [3.05, 3.63) is 29.3 Å². The fourth-order valence-electron chi connectivity index (χ4n) is 2.88. The minimum absolute atomic E-state index is 0.264. The topological polar surface area (TPSA) is 64.1 Å².